The van der Waals surface area contributed by atoms with E-state index in [0.717, 1.165) is 11.1 Å². The number of benzene rings is 2. The van der Waals surface area contributed by atoms with Crippen molar-refractivity contribution in [2.75, 3.05) is 6.54 Å². The van der Waals surface area contributed by atoms with Gasteiger partial charge in [0, 0.05) is 13.1 Å². The second-order valence-corrected chi connectivity index (χ2v) is 6.19. The number of carbonyl (C=O) groups is 2. The molecule has 0 radical (unpaired) electrons. The van der Waals surface area contributed by atoms with E-state index in [1.165, 1.54) is 0 Å². The van der Waals surface area contributed by atoms with Crippen molar-refractivity contribution in [3.05, 3.63) is 71.3 Å². The number of rotatable bonds is 4. The molecule has 1 saturated heterocycles. The van der Waals surface area contributed by atoms with Crippen molar-refractivity contribution < 1.29 is 9.59 Å². The van der Waals surface area contributed by atoms with Crippen molar-refractivity contribution in [3.63, 3.8) is 0 Å². The number of carbonyl (C=O) groups excluding carboxylic acids is 2. The number of hydrogen-bond donors (Lipinski definition) is 0. The molecule has 0 unspecified atom stereocenters. The van der Waals surface area contributed by atoms with Gasteiger partial charge >= 0.3 is 0 Å². The molecule has 0 N–H and O–H groups in total. The Morgan fingerprint density at radius 3 is 2.48 bits per heavy atom. The second-order valence-electron chi connectivity index (χ2n) is 6.19. The fourth-order valence-corrected chi connectivity index (χ4v) is 3.04. The van der Waals surface area contributed by atoms with E-state index in [1.807, 2.05) is 36.4 Å². The van der Waals surface area contributed by atoms with E-state index in [0.29, 0.717) is 18.7 Å². The van der Waals surface area contributed by atoms with Crippen LogP contribution in [0.5, 0.6) is 0 Å². The van der Waals surface area contributed by atoms with Crippen molar-refractivity contribution in [1.82, 2.24) is 9.80 Å². The van der Waals surface area contributed by atoms with Crippen LogP contribution < -0.4 is 0 Å². The average Bonchev–Trinajstić information content (AvgIpc) is 2.64. The number of hydrogen-bond acceptors (Lipinski definition) is 3. The van der Waals surface area contributed by atoms with Gasteiger partial charge in [0.15, 0.2) is 0 Å². The van der Waals surface area contributed by atoms with E-state index in [-0.39, 0.29) is 18.4 Å². The standard InChI is InChI=1S/C20H19N3O2/c1-15-20(25)22(12-16-6-3-2-4-7-16)14-19(24)23(15)13-18-9-5-8-17(10-18)11-21/h2-10,15H,12-14H2,1H3/t15-/m0/s1. The van der Waals surface area contributed by atoms with E-state index in [1.54, 1.807) is 34.9 Å². The zero-order valence-electron chi connectivity index (χ0n) is 14.1. The molecule has 1 aliphatic rings. The molecule has 3 rings (SSSR count). The number of amides is 2. The Morgan fingerprint density at radius 2 is 1.76 bits per heavy atom. The lowest BCUT2D eigenvalue weighted by Gasteiger charge is -2.38. The zero-order chi connectivity index (χ0) is 17.8. The quantitative estimate of drug-likeness (QED) is 0.862. The average molecular weight is 333 g/mol. The SMILES string of the molecule is C[C@H]1C(=O)N(Cc2ccccc2)CC(=O)N1Cc1cccc(C#N)c1. The highest BCUT2D eigenvalue weighted by Gasteiger charge is 2.36. The fourth-order valence-electron chi connectivity index (χ4n) is 3.04. The van der Waals surface area contributed by atoms with Crippen LogP contribution in [0.4, 0.5) is 0 Å². The summed E-state index contributed by atoms with van der Waals surface area (Å²) in [6.07, 6.45) is 0. The molecule has 1 aliphatic heterocycles. The maximum Gasteiger partial charge on any atom is 0.245 e. The van der Waals surface area contributed by atoms with Gasteiger partial charge in [0.2, 0.25) is 11.8 Å². The predicted molar refractivity (Wildman–Crippen MR) is 93.0 cm³/mol. The summed E-state index contributed by atoms with van der Waals surface area (Å²) in [5, 5.41) is 9.00. The van der Waals surface area contributed by atoms with Gasteiger partial charge in [-0.1, -0.05) is 42.5 Å². The van der Waals surface area contributed by atoms with Crippen LogP contribution in [-0.4, -0.2) is 34.2 Å². The first-order chi connectivity index (χ1) is 12.1. The van der Waals surface area contributed by atoms with Crippen LogP contribution in [0.15, 0.2) is 54.6 Å². The Kier molecular flexibility index (Phi) is 4.80. The summed E-state index contributed by atoms with van der Waals surface area (Å²) < 4.78 is 0. The minimum atomic E-state index is -0.518. The molecule has 2 amide bonds. The van der Waals surface area contributed by atoms with Crippen molar-refractivity contribution in [2.24, 2.45) is 0 Å². The van der Waals surface area contributed by atoms with E-state index >= 15 is 0 Å². The minimum Gasteiger partial charge on any atom is -0.327 e. The van der Waals surface area contributed by atoms with Crippen LogP contribution in [0.25, 0.3) is 0 Å². The summed E-state index contributed by atoms with van der Waals surface area (Å²) in [5.74, 6) is -0.134. The fraction of sp³-hybridized carbons (Fsp3) is 0.250. The van der Waals surface area contributed by atoms with Crippen molar-refractivity contribution in [1.29, 1.82) is 5.26 Å². The first-order valence-electron chi connectivity index (χ1n) is 8.19. The lowest BCUT2D eigenvalue weighted by Crippen LogP contribution is -2.57. The molecule has 0 bridgehead atoms. The highest BCUT2D eigenvalue weighted by atomic mass is 16.2. The van der Waals surface area contributed by atoms with Crippen molar-refractivity contribution >= 4 is 11.8 Å². The monoisotopic (exact) mass is 333 g/mol. The summed E-state index contributed by atoms with van der Waals surface area (Å²) >= 11 is 0. The largest absolute Gasteiger partial charge is 0.327 e. The lowest BCUT2D eigenvalue weighted by atomic mass is 10.1. The first kappa shape index (κ1) is 16.7. The van der Waals surface area contributed by atoms with Gasteiger partial charge in [0.1, 0.15) is 12.6 Å². The molecule has 2 aromatic rings. The van der Waals surface area contributed by atoms with Gasteiger partial charge in [-0.2, -0.15) is 5.26 Å². The van der Waals surface area contributed by atoms with Crippen molar-refractivity contribution in [2.45, 2.75) is 26.1 Å². The van der Waals surface area contributed by atoms with Crippen LogP contribution >= 0.6 is 0 Å². The van der Waals surface area contributed by atoms with Gasteiger partial charge in [0.25, 0.3) is 0 Å². The Hall–Kier alpha value is -3.13. The van der Waals surface area contributed by atoms with Crippen LogP contribution in [-0.2, 0) is 22.7 Å². The number of nitriles is 1. The van der Waals surface area contributed by atoms with Gasteiger partial charge in [-0.05, 0) is 30.2 Å². The normalized spacial score (nSPS) is 17.5. The molecule has 0 aliphatic carbocycles. The van der Waals surface area contributed by atoms with Crippen LogP contribution in [0.2, 0.25) is 0 Å². The Balaban J connectivity index is 1.73. The number of piperazine rings is 1. The van der Waals surface area contributed by atoms with Gasteiger partial charge in [0.05, 0.1) is 11.6 Å². The Bertz CT molecular complexity index is 826. The topological polar surface area (TPSA) is 64.4 Å². The molecule has 0 aromatic heterocycles. The highest BCUT2D eigenvalue weighted by molar-refractivity contribution is 5.94. The third kappa shape index (κ3) is 3.69. The first-order valence-corrected chi connectivity index (χ1v) is 8.19. The molecule has 25 heavy (non-hydrogen) atoms. The highest BCUT2D eigenvalue weighted by Crippen LogP contribution is 2.18. The van der Waals surface area contributed by atoms with E-state index in [9.17, 15) is 9.59 Å². The molecule has 5 nitrogen and oxygen atoms in total. The summed E-state index contributed by atoms with van der Waals surface area (Å²) in [6.45, 7) is 2.61. The summed E-state index contributed by atoms with van der Waals surface area (Å²) in [5.41, 5.74) is 2.40. The Labute approximate surface area is 147 Å². The smallest absolute Gasteiger partial charge is 0.245 e. The molecule has 1 heterocycles. The van der Waals surface area contributed by atoms with Gasteiger partial charge in [-0.25, -0.2) is 0 Å². The van der Waals surface area contributed by atoms with Gasteiger partial charge < -0.3 is 9.80 Å². The molecule has 0 spiro atoms. The van der Waals surface area contributed by atoms with Crippen LogP contribution in [0.1, 0.15) is 23.6 Å². The number of nitrogens with zero attached hydrogens (tertiary/aromatic N) is 3. The molecule has 126 valence electrons. The zero-order valence-corrected chi connectivity index (χ0v) is 14.1. The Morgan fingerprint density at radius 1 is 1.04 bits per heavy atom. The van der Waals surface area contributed by atoms with E-state index < -0.39 is 6.04 Å². The van der Waals surface area contributed by atoms with Crippen LogP contribution in [0.3, 0.4) is 0 Å². The third-order valence-corrected chi connectivity index (χ3v) is 4.41. The van der Waals surface area contributed by atoms with Crippen molar-refractivity contribution in [3.8, 4) is 6.07 Å². The van der Waals surface area contributed by atoms with E-state index in [4.69, 9.17) is 5.26 Å². The summed E-state index contributed by atoms with van der Waals surface area (Å²) in [6, 6.07) is 18.4. The predicted octanol–water partition coefficient (Wildman–Crippen LogP) is 2.32. The lowest BCUT2D eigenvalue weighted by molar-refractivity contribution is -0.156. The molecule has 2 aromatic carbocycles. The second kappa shape index (κ2) is 7.18. The maximum atomic E-state index is 12.7. The summed E-state index contributed by atoms with van der Waals surface area (Å²) in [4.78, 5) is 28.4. The molecule has 1 fully saturated rings. The van der Waals surface area contributed by atoms with E-state index in [2.05, 4.69) is 6.07 Å². The molecular weight excluding hydrogens is 314 g/mol. The molecule has 5 heteroatoms. The molecular formula is C20H19N3O2. The van der Waals surface area contributed by atoms with Gasteiger partial charge in [-0.3, -0.25) is 9.59 Å². The molecule has 1 atom stereocenters. The van der Waals surface area contributed by atoms with Crippen LogP contribution in [0, 0.1) is 11.3 Å². The van der Waals surface area contributed by atoms with Gasteiger partial charge in [-0.15, -0.1) is 0 Å². The maximum absolute atomic E-state index is 12.7. The third-order valence-electron chi connectivity index (χ3n) is 4.41. The molecule has 0 saturated carbocycles. The summed E-state index contributed by atoms with van der Waals surface area (Å²) in [7, 11) is 0. The minimum absolute atomic E-state index is 0.0557.